The summed E-state index contributed by atoms with van der Waals surface area (Å²) in [5.41, 5.74) is 1.91. The van der Waals surface area contributed by atoms with Crippen LogP contribution in [0.15, 0.2) is 36.7 Å². The van der Waals surface area contributed by atoms with Crippen LogP contribution < -0.4 is 9.64 Å². The van der Waals surface area contributed by atoms with Gasteiger partial charge in [0.2, 0.25) is 5.95 Å². The van der Waals surface area contributed by atoms with Crippen molar-refractivity contribution in [1.82, 2.24) is 9.97 Å². The van der Waals surface area contributed by atoms with Gasteiger partial charge in [-0.2, -0.15) is 5.26 Å². The molecular formula is C14H14N4O. The molecule has 1 aromatic carbocycles. The summed E-state index contributed by atoms with van der Waals surface area (Å²) in [7, 11) is 1.62. The zero-order valence-electron chi connectivity index (χ0n) is 10.9. The molecule has 5 heteroatoms. The van der Waals surface area contributed by atoms with E-state index < -0.39 is 0 Å². The van der Waals surface area contributed by atoms with Crippen LogP contribution in [0.1, 0.15) is 6.92 Å². The summed E-state index contributed by atoms with van der Waals surface area (Å²) in [6, 6.07) is 7.73. The molecule has 1 aromatic heterocycles. The number of nitriles is 1. The van der Waals surface area contributed by atoms with Crippen molar-refractivity contribution in [2.75, 3.05) is 18.6 Å². The number of hydrogen-bond acceptors (Lipinski definition) is 5. The van der Waals surface area contributed by atoms with Crippen LogP contribution in [-0.4, -0.2) is 23.6 Å². The topological polar surface area (TPSA) is 62.0 Å². The summed E-state index contributed by atoms with van der Waals surface area (Å²) in [5, 5.41) is 8.74. The minimum absolute atomic E-state index is 0.386. The Hall–Kier alpha value is -2.61. The first-order valence-electron chi connectivity index (χ1n) is 5.93. The van der Waals surface area contributed by atoms with Crippen LogP contribution in [0.25, 0.3) is 11.1 Å². The highest BCUT2D eigenvalue weighted by molar-refractivity contribution is 5.63. The summed E-state index contributed by atoms with van der Waals surface area (Å²) in [6.07, 6.45) is 5.35. The molecule has 0 aliphatic heterocycles. The Bertz CT molecular complexity index is 572. The van der Waals surface area contributed by atoms with Crippen molar-refractivity contribution in [3.05, 3.63) is 36.7 Å². The van der Waals surface area contributed by atoms with Gasteiger partial charge in [-0.1, -0.05) is 12.1 Å². The van der Waals surface area contributed by atoms with Gasteiger partial charge in [0.25, 0.3) is 0 Å². The van der Waals surface area contributed by atoms with E-state index in [1.54, 1.807) is 19.4 Å². The highest BCUT2D eigenvalue weighted by Crippen LogP contribution is 2.21. The Labute approximate surface area is 112 Å². The van der Waals surface area contributed by atoms with Crippen LogP contribution in [0.4, 0.5) is 5.95 Å². The first-order valence-corrected chi connectivity index (χ1v) is 5.93. The molecule has 0 atom stereocenters. The van der Waals surface area contributed by atoms with Gasteiger partial charge in [-0.05, 0) is 24.6 Å². The van der Waals surface area contributed by atoms with Gasteiger partial charge < -0.3 is 4.74 Å². The highest BCUT2D eigenvalue weighted by Gasteiger charge is 2.04. The molecule has 0 fully saturated rings. The zero-order valence-corrected chi connectivity index (χ0v) is 10.9. The molecule has 0 bridgehead atoms. The SMILES string of the molecule is CCOc1ccc(-c2cnc(N(C)C#N)nc2)cc1. The third-order valence-electron chi connectivity index (χ3n) is 2.59. The summed E-state index contributed by atoms with van der Waals surface area (Å²) < 4.78 is 5.39. The minimum atomic E-state index is 0.386. The van der Waals surface area contributed by atoms with E-state index in [0.29, 0.717) is 12.6 Å². The molecule has 2 aromatic rings. The van der Waals surface area contributed by atoms with Gasteiger partial charge in [0, 0.05) is 25.0 Å². The van der Waals surface area contributed by atoms with Gasteiger partial charge in [-0.15, -0.1) is 0 Å². The van der Waals surface area contributed by atoms with E-state index in [-0.39, 0.29) is 0 Å². The number of rotatable bonds is 4. The second-order valence-electron chi connectivity index (χ2n) is 3.89. The van der Waals surface area contributed by atoms with Crippen molar-refractivity contribution in [1.29, 1.82) is 5.26 Å². The Kier molecular flexibility index (Phi) is 3.94. The number of benzene rings is 1. The number of aromatic nitrogens is 2. The normalized spacial score (nSPS) is 9.74. The van der Waals surface area contributed by atoms with E-state index in [1.165, 1.54) is 4.90 Å². The van der Waals surface area contributed by atoms with E-state index >= 15 is 0 Å². The molecule has 96 valence electrons. The summed E-state index contributed by atoms with van der Waals surface area (Å²) >= 11 is 0. The molecule has 0 amide bonds. The maximum absolute atomic E-state index is 8.74. The molecule has 5 nitrogen and oxygen atoms in total. The van der Waals surface area contributed by atoms with Crippen molar-refractivity contribution in [3.63, 3.8) is 0 Å². The fourth-order valence-electron chi connectivity index (χ4n) is 1.60. The number of nitrogens with zero attached hydrogens (tertiary/aromatic N) is 4. The first-order chi connectivity index (χ1) is 9.24. The molecule has 2 rings (SSSR count). The van der Waals surface area contributed by atoms with Crippen molar-refractivity contribution >= 4 is 5.95 Å². The molecule has 19 heavy (non-hydrogen) atoms. The lowest BCUT2D eigenvalue weighted by Crippen LogP contribution is -2.11. The second-order valence-corrected chi connectivity index (χ2v) is 3.89. The molecule has 0 aliphatic carbocycles. The lowest BCUT2D eigenvalue weighted by Gasteiger charge is -2.07. The third kappa shape index (κ3) is 2.99. The van der Waals surface area contributed by atoms with Crippen LogP contribution in [0, 0.1) is 11.5 Å². The number of hydrogen-bond donors (Lipinski definition) is 0. The Morgan fingerprint density at radius 1 is 1.16 bits per heavy atom. The third-order valence-corrected chi connectivity index (χ3v) is 2.59. The maximum Gasteiger partial charge on any atom is 0.238 e. The van der Waals surface area contributed by atoms with Crippen LogP contribution in [0.2, 0.25) is 0 Å². The number of anilines is 1. The maximum atomic E-state index is 8.74. The van der Waals surface area contributed by atoms with Gasteiger partial charge >= 0.3 is 0 Å². The average Bonchev–Trinajstić information content (AvgIpc) is 2.48. The van der Waals surface area contributed by atoms with Gasteiger partial charge in [-0.3, -0.25) is 4.90 Å². The Morgan fingerprint density at radius 3 is 2.32 bits per heavy atom. The monoisotopic (exact) mass is 254 g/mol. The molecule has 0 radical (unpaired) electrons. The van der Waals surface area contributed by atoms with Gasteiger partial charge in [0.05, 0.1) is 6.61 Å². The molecule has 0 saturated carbocycles. The molecular weight excluding hydrogens is 240 g/mol. The molecule has 1 heterocycles. The lowest BCUT2D eigenvalue weighted by molar-refractivity contribution is 0.340. The molecule has 0 spiro atoms. The summed E-state index contributed by atoms with van der Waals surface area (Å²) in [6.45, 7) is 2.60. The predicted molar refractivity (Wildman–Crippen MR) is 72.7 cm³/mol. The van der Waals surface area contributed by atoms with Crippen LogP contribution >= 0.6 is 0 Å². The summed E-state index contributed by atoms with van der Waals surface area (Å²) in [4.78, 5) is 9.60. The van der Waals surface area contributed by atoms with Gasteiger partial charge in [0.1, 0.15) is 5.75 Å². The van der Waals surface area contributed by atoms with Gasteiger partial charge in [0.15, 0.2) is 6.19 Å². The van der Waals surface area contributed by atoms with Crippen molar-refractivity contribution < 1.29 is 4.74 Å². The largest absolute Gasteiger partial charge is 0.494 e. The number of ether oxygens (including phenoxy) is 1. The highest BCUT2D eigenvalue weighted by atomic mass is 16.5. The van der Waals surface area contributed by atoms with E-state index in [1.807, 2.05) is 37.4 Å². The fourth-order valence-corrected chi connectivity index (χ4v) is 1.60. The molecule has 0 aliphatic rings. The molecule has 0 unspecified atom stereocenters. The standard InChI is InChI=1S/C14H14N4O/c1-3-19-13-6-4-11(5-7-13)12-8-16-14(17-9-12)18(2)10-15/h4-9H,3H2,1-2H3. The minimum Gasteiger partial charge on any atom is -0.494 e. The van der Waals surface area contributed by atoms with Gasteiger partial charge in [-0.25, -0.2) is 9.97 Å². The van der Waals surface area contributed by atoms with E-state index in [2.05, 4.69) is 9.97 Å². The average molecular weight is 254 g/mol. The van der Waals surface area contributed by atoms with Crippen molar-refractivity contribution in [2.45, 2.75) is 6.92 Å². The van der Waals surface area contributed by atoms with E-state index in [0.717, 1.165) is 16.9 Å². The molecule has 0 N–H and O–H groups in total. The lowest BCUT2D eigenvalue weighted by atomic mass is 10.1. The van der Waals surface area contributed by atoms with E-state index in [9.17, 15) is 0 Å². The van der Waals surface area contributed by atoms with Crippen molar-refractivity contribution in [3.8, 4) is 23.1 Å². The Morgan fingerprint density at radius 2 is 1.79 bits per heavy atom. The van der Waals surface area contributed by atoms with Crippen LogP contribution in [-0.2, 0) is 0 Å². The molecule has 0 saturated heterocycles. The van der Waals surface area contributed by atoms with Crippen molar-refractivity contribution in [2.24, 2.45) is 0 Å². The predicted octanol–water partition coefficient (Wildman–Crippen LogP) is 2.46. The Balaban J connectivity index is 2.20. The van der Waals surface area contributed by atoms with Crippen LogP contribution in [0.5, 0.6) is 5.75 Å². The fraction of sp³-hybridized carbons (Fsp3) is 0.214. The first kappa shape index (κ1) is 12.8. The second kappa shape index (κ2) is 5.83. The zero-order chi connectivity index (χ0) is 13.7. The van der Waals surface area contributed by atoms with E-state index in [4.69, 9.17) is 10.00 Å². The quantitative estimate of drug-likeness (QED) is 0.619. The smallest absolute Gasteiger partial charge is 0.238 e. The summed E-state index contributed by atoms with van der Waals surface area (Å²) in [5.74, 6) is 1.23. The van der Waals surface area contributed by atoms with Crippen LogP contribution in [0.3, 0.4) is 0 Å².